The lowest BCUT2D eigenvalue weighted by atomic mass is 10.1. The summed E-state index contributed by atoms with van der Waals surface area (Å²) in [5.74, 6) is -0.505. The highest BCUT2D eigenvalue weighted by Gasteiger charge is 2.07. The first kappa shape index (κ1) is 13.5. The summed E-state index contributed by atoms with van der Waals surface area (Å²) in [4.78, 5) is 5.10. The van der Waals surface area contributed by atoms with E-state index in [1.165, 1.54) is 23.5 Å². The zero-order chi connectivity index (χ0) is 13.7. The van der Waals surface area contributed by atoms with Crippen LogP contribution in [-0.2, 0) is 4.74 Å². The Kier molecular flexibility index (Phi) is 4.44. The number of benzene rings is 1. The zero-order valence-electron chi connectivity index (χ0n) is 10.3. The Labute approximate surface area is 114 Å². The molecule has 1 N–H and O–H groups in total. The summed E-state index contributed by atoms with van der Waals surface area (Å²) < 4.78 is 18.2. The summed E-state index contributed by atoms with van der Waals surface area (Å²) >= 11 is 1.45. The van der Waals surface area contributed by atoms with E-state index < -0.39 is 5.82 Å². The van der Waals surface area contributed by atoms with Gasteiger partial charge in [0.25, 0.3) is 0 Å². The summed E-state index contributed by atoms with van der Waals surface area (Å²) in [6.45, 7) is 1.28. The second-order valence-corrected chi connectivity index (χ2v) is 4.79. The highest BCUT2D eigenvalue weighted by atomic mass is 32.1. The highest BCUT2D eigenvalue weighted by Crippen LogP contribution is 2.29. The third-order valence-electron chi connectivity index (χ3n) is 2.46. The Morgan fingerprint density at radius 3 is 3.11 bits per heavy atom. The summed E-state index contributed by atoms with van der Waals surface area (Å²) in [5.41, 5.74) is 0.829. The zero-order valence-corrected chi connectivity index (χ0v) is 11.1. The van der Waals surface area contributed by atoms with Crippen LogP contribution >= 0.6 is 11.3 Å². The van der Waals surface area contributed by atoms with E-state index in [2.05, 4.69) is 10.3 Å². The molecular formula is C13H12FN3OS. The fourth-order valence-electron chi connectivity index (χ4n) is 1.51. The number of thiazole rings is 1. The standard InChI is InChI=1S/C13H12FN3OS/c1-18-5-4-16-13-17-8-12(19-13)9-2-3-11(14)10(6-9)7-15/h2-3,6,8H,4-5H2,1H3,(H,16,17). The topological polar surface area (TPSA) is 57.9 Å². The van der Waals surface area contributed by atoms with E-state index in [9.17, 15) is 4.39 Å². The molecular weight excluding hydrogens is 265 g/mol. The molecule has 6 heteroatoms. The maximum atomic E-state index is 13.2. The fraction of sp³-hybridized carbons (Fsp3) is 0.231. The van der Waals surface area contributed by atoms with Crippen molar-refractivity contribution < 1.29 is 9.13 Å². The Morgan fingerprint density at radius 1 is 1.53 bits per heavy atom. The Bertz CT molecular complexity index is 606. The number of aromatic nitrogens is 1. The van der Waals surface area contributed by atoms with E-state index in [4.69, 9.17) is 10.00 Å². The normalized spacial score (nSPS) is 10.2. The van der Waals surface area contributed by atoms with E-state index >= 15 is 0 Å². The number of anilines is 1. The van der Waals surface area contributed by atoms with Crippen LogP contribution in [0.1, 0.15) is 5.56 Å². The van der Waals surface area contributed by atoms with Gasteiger partial charge in [-0.25, -0.2) is 9.37 Å². The van der Waals surface area contributed by atoms with Gasteiger partial charge >= 0.3 is 0 Å². The molecule has 1 aromatic carbocycles. The van der Waals surface area contributed by atoms with Crippen molar-refractivity contribution in [1.82, 2.24) is 4.98 Å². The number of hydrogen-bond donors (Lipinski definition) is 1. The van der Waals surface area contributed by atoms with Crippen molar-refractivity contribution in [3.05, 3.63) is 35.8 Å². The monoisotopic (exact) mass is 277 g/mol. The molecule has 0 fully saturated rings. The Balaban J connectivity index is 2.16. The number of nitrogens with one attached hydrogen (secondary N) is 1. The van der Waals surface area contributed by atoms with Crippen LogP contribution in [0.4, 0.5) is 9.52 Å². The van der Waals surface area contributed by atoms with Gasteiger partial charge in [0.1, 0.15) is 11.9 Å². The lowest BCUT2D eigenvalue weighted by Crippen LogP contribution is -2.06. The van der Waals surface area contributed by atoms with E-state index in [1.54, 1.807) is 19.4 Å². The number of nitriles is 1. The first-order valence-electron chi connectivity index (χ1n) is 5.63. The summed E-state index contributed by atoms with van der Waals surface area (Å²) in [5, 5.41) is 12.7. The lowest BCUT2D eigenvalue weighted by molar-refractivity contribution is 0.211. The molecule has 1 aromatic heterocycles. The molecule has 19 heavy (non-hydrogen) atoms. The molecule has 0 saturated heterocycles. The van der Waals surface area contributed by atoms with Gasteiger partial charge in [-0.1, -0.05) is 17.4 Å². The molecule has 0 spiro atoms. The highest BCUT2D eigenvalue weighted by molar-refractivity contribution is 7.18. The van der Waals surface area contributed by atoms with E-state index in [1.807, 2.05) is 6.07 Å². The molecule has 0 unspecified atom stereocenters. The third kappa shape index (κ3) is 3.28. The second kappa shape index (κ2) is 6.27. The number of methoxy groups -OCH3 is 1. The first-order chi connectivity index (χ1) is 9.24. The van der Waals surface area contributed by atoms with Crippen molar-refractivity contribution in [3.8, 4) is 16.5 Å². The van der Waals surface area contributed by atoms with Crippen molar-refractivity contribution in [2.75, 3.05) is 25.6 Å². The van der Waals surface area contributed by atoms with Crippen molar-refractivity contribution in [2.45, 2.75) is 0 Å². The fourth-order valence-corrected chi connectivity index (χ4v) is 2.35. The van der Waals surface area contributed by atoms with Crippen LogP contribution in [-0.4, -0.2) is 25.2 Å². The second-order valence-electron chi connectivity index (χ2n) is 3.76. The van der Waals surface area contributed by atoms with Gasteiger partial charge < -0.3 is 10.1 Å². The van der Waals surface area contributed by atoms with Gasteiger partial charge in [0.05, 0.1) is 17.0 Å². The number of hydrogen-bond acceptors (Lipinski definition) is 5. The summed E-state index contributed by atoms with van der Waals surface area (Å²) in [7, 11) is 1.64. The molecule has 0 aliphatic carbocycles. The molecule has 0 aliphatic rings. The molecule has 0 amide bonds. The molecule has 0 aliphatic heterocycles. The predicted octanol–water partition coefficient (Wildman–Crippen LogP) is 2.88. The van der Waals surface area contributed by atoms with Crippen molar-refractivity contribution >= 4 is 16.5 Å². The molecule has 2 rings (SSSR count). The van der Waals surface area contributed by atoms with Gasteiger partial charge in [-0.05, 0) is 17.7 Å². The number of halogens is 1. The number of rotatable bonds is 5. The van der Waals surface area contributed by atoms with Crippen LogP contribution in [0.25, 0.3) is 10.4 Å². The van der Waals surface area contributed by atoms with Crippen molar-refractivity contribution in [1.29, 1.82) is 5.26 Å². The lowest BCUT2D eigenvalue weighted by Gasteiger charge is -2.00. The molecule has 98 valence electrons. The van der Waals surface area contributed by atoms with Gasteiger partial charge in [-0.3, -0.25) is 0 Å². The third-order valence-corrected chi connectivity index (χ3v) is 3.46. The molecule has 0 atom stereocenters. The van der Waals surface area contributed by atoms with Gasteiger partial charge in [-0.15, -0.1) is 0 Å². The van der Waals surface area contributed by atoms with Crippen LogP contribution in [0.5, 0.6) is 0 Å². The minimum atomic E-state index is -0.505. The minimum Gasteiger partial charge on any atom is -0.383 e. The first-order valence-corrected chi connectivity index (χ1v) is 6.45. The number of nitrogens with zero attached hydrogens (tertiary/aromatic N) is 2. The van der Waals surface area contributed by atoms with Crippen LogP contribution in [0.15, 0.2) is 24.4 Å². The summed E-state index contributed by atoms with van der Waals surface area (Å²) in [6.07, 6.45) is 1.70. The Morgan fingerprint density at radius 2 is 2.37 bits per heavy atom. The van der Waals surface area contributed by atoms with Crippen molar-refractivity contribution in [3.63, 3.8) is 0 Å². The van der Waals surface area contributed by atoms with E-state index in [-0.39, 0.29) is 5.56 Å². The number of ether oxygens (including phenoxy) is 1. The van der Waals surface area contributed by atoms with Gasteiger partial charge in [0.15, 0.2) is 5.13 Å². The van der Waals surface area contributed by atoms with Gasteiger partial charge in [0, 0.05) is 19.9 Å². The van der Waals surface area contributed by atoms with Crippen LogP contribution in [0.3, 0.4) is 0 Å². The predicted molar refractivity (Wildman–Crippen MR) is 72.6 cm³/mol. The SMILES string of the molecule is COCCNc1ncc(-c2ccc(F)c(C#N)c2)s1. The molecule has 0 bridgehead atoms. The molecule has 4 nitrogen and oxygen atoms in total. The molecule has 1 heterocycles. The Hall–Kier alpha value is -1.97. The minimum absolute atomic E-state index is 0.0415. The largest absolute Gasteiger partial charge is 0.383 e. The van der Waals surface area contributed by atoms with Gasteiger partial charge in [0.2, 0.25) is 0 Å². The maximum absolute atomic E-state index is 13.2. The van der Waals surface area contributed by atoms with Crippen LogP contribution in [0, 0.1) is 17.1 Å². The molecule has 2 aromatic rings. The van der Waals surface area contributed by atoms with Crippen LogP contribution < -0.4 is 5.32 Å². The van der Waals surface area contributed by atoms with Crippen LogP contribution in [0.2, 0.25) is 0 Å². The van der Waals surface area contributed by atoms with Crippen molar-refractivity contribution in [2.24, 2.45) is 0 Å². The average Bonchev–Trinajstić information content (AvgIpc) is 2.88. The van der Waals surface area contributed by atoms with E-state index in [0.717, 1.165) is 15.6 Å². The van der Waals surface area contributed by atoms with E-state index in [0.29, 0.717) is 13.2 Å². The summed E-state index contributed by atoms with van der Waals surface area (Å²) in [6, 6.07) is 6.30. The maximum Gasteiger partial charge on any atom is 0.183 e. The molecule has 0 saturated carbocycles. The quantitative estimate of drug-likeness (QED) is 0.854. The smallest absolute Gasteiger partial charge is 0.183 e. The average molecular weight is 277 g/mol. The molecule has 0 radical (unpaired) electrons. The van der Waals surface area contributed by atoms with Gasteiger partial charge in [-0.2, -0.15) is 5.26 Å².